The van der Waals surface area contributed by atoms with Crippen molar-refractivity contribution in [2.45, 2.75) is 13.0 Å². The molecule has 0 aliphatic carbocycles. The number of hydrogen-bond donors (Lipinski definition) is 0. The van der Waals surface area contributed by atoms with E-state index in [2.05, 4.69) is 4.74 Å². The molecule has 1 fully saturated rings. The van der Waals surface area contributed by atoms with Crippen LogP contribution < -0.4 is 9.64 Å². The number of rotatable bonds is 5. The molecule has 0 aromatic heterocycles. The number of nitrogens with zero attached hydrogens (tertiary/aromatic N) is 3. The number of amides is 2. The molecule has 0 unspecified atom stereocenters. The van der Waals surface area contributed by atoms with Crippen LogP contribution in [0.3, 0.4) is 0 Å². The minimum Gasteiger partial charge on any atom is -0.435 e. The summed E-state index contributed by atoms with van der Waals surface area (Å²) in [5.74, 6) is -0.197. The first kappa shape index (κ1) is 20.3. The Labute approximate surface area is 173 Å². The van der Waals surface area contributed by atoms with E-state index >= 15 is 0 Å². The van der Waals surface area contributed by atoms with Gasteiger partial charge in [-0.3, -0.25) is 14.5 Å². The van der Waals surface area contributed by atoms with Crippen molar-refractivity contribution in [1.82, 2.24) is 9.80 Å². The molecule has 2 aromatic carbocycles. The number of fused-ring (bicyclic) bond motifs is 1. The summed E-state index contributed by atoms with van der Waals surface area (Å²) in [6.07, 6.45) is 0.874. The lowest BCUT2D eigenvalue weighted by molar-refractivity contribution is -0.120. The summed E-state index contributed by atoms with van der Waals surface area (Å²) in [7, 11) is 0. The van der Waals surface area contributed by atoms with Crippen LogP contribution in [0.15, 0.2) is 48.5 Å². The summed E-state index contributed by atoms with van der Waals surface area (Å²) in [6.45, 7) is 0.201. The highest BCUT2D eigenvalue weighted by atomic mass is 19.3. The lowest BCUT2D eigenvalue weighted by atomic mass is 10.1. The quantitative estimate of drug-likeness (QED) is 0.754. The number of alkyl halides is 2. The Morgan fingerprint density at radius 1 is 0.967 bits per heavy atom. The summed E-state index contributed by atoms with van der Waals surface area (Å²) >= 11 is 0. The molecule has 1 saturated heterocycles. The first-order valence-corrected chi connectivity index (χ1v) is 9.96. The Bertz CT molecular complexity index is 929. The fraction of sp³-hybridized carbons (Fsp3) is 0.364. The minimum atomic E-state index is -2.93. The summed E-state index contributed by atoms with van der Waals surface area (Å²) in [5.41, 5.74) is 2.49. The summed E-state index contributed by atoms with van der Waals surface area (Å²) in [6, 6.07) is 13.8. The van der Waals surface area contributed by atoms with Crippen molar-refractivity contribution in [3.8, 4) is 5.75 Å². The maximum Gasteiger partial charge on any atom is 0.387 e. The summed E-state index contributed by atoms with van der Waals surface area (Å²) in [5, 5.41) is 0. The molecule has 2 amide bonds. The maximum atomic E-state index is 12.8. The number of carbonyl (C=O) groups excluding carboxylic acids is 2. The van der Waals surface area contributed by atoms with Gasteiger partial charge in [0.2, 0.25) is 5.91 Å². The van der Waals surface area contributed by atoms with Crippen molar-refractivity contribution in [2.24, 2.45) is 0 Å². The molecule has 2 heterocycles. The first-order chi connectivity index (χ1) is 14.5. The summed E-state index contributed by atoms with van der Waals surface area (Å²) < 4.78 is 29.2. The van der Waals surface area contributed by atoms with Crippen LogP contribution in [0, 0.1) is 0 Å². The van der Waals surface area contributed by atoms with Gasteiger partial charge in [0, 0.05) is 44.0 Å². The predicted octanol–water partition coefficient (Wildman–Crippen LogP) is 2.64. The molecule has 0 atom stereocenters. The normalized spacial score (nSPS) is 16.6. The van der Waals surface area contributed by atoms with E-state index in [1.165, 1.54) is 23.8 Å². The van der Waals surface area contributed by atoms with Crippen molar-refractivity contribution >= 4 is 17.5 Å². The zero-order valence-corrected chi connectivity index (χ0v) is 16.5. The van der Waals surface area contributed by atoms with E-state index in [0.717, 1.165) is 12.1 Å². The van der Waals surface area contributed by atoms with E-state index < -0.39 is 6.61 Å². The Morgan fingerprint density at radius 3 is 2.50 bits per heavy atom. The van der Waals surface area contributed by atoms with Crippen LogP contribution in [-0.4, -0.2) is 67.5 Å². The second kappa shape index (κ2) is 8.79. The smallest absolute Gasteiger partial charge is 0.387 e. The highest BCUT2D eigenvalue weighted by molar-refractivity contribution is 5.97. The van der Waals surface area contributed by atoms with Crippen molar-refractivity contribution in [3.05, 3.63) is 59.7 Å². The van der Waals surface area contributed by atoms with Gasteiger partial charge in [0.15, 0.2) is 0 Å². The Balaban J connectivity index is 1.31. The number of carbonyl (C=O) groups is 2. The number of piperazine rings is 1. The SMILES string of the molecule is O=C(c1cccc(OC(F)F)c1)N1CCN(CC(=O)N2CCc3ccccc32)CC1. The predicted molar refractivity (Wildman–Crippen MR) is 108 cm³/mol. The third kappa shape index (κ3) is 4.43. The number of anilines is 1. The summed E-state index contributed by atoms with van der Waals surface area (Å²) in [4.78, 5) is 31.0. The van der Waals surface area contributed by atoms with Gasteiger partial charge >= 0.3 is 6.61 Å². The van der Waals surface area contributed by atoms with Crippen LogP contribution in [0.25, 0.3) is 0 Å². The highest BCUT2D eigenvalue weighted by Crippen LogP contribution is 2.27. The Hall–Kier alpha value is -3.00. The molecule has 2 aliphatic heterocycles. The Kier molecular flexibility index (Phi) is 5.94. The molecule has 2 aromatic rings. The molecule has 30 heavy (non-hydrogen) atoms. The van der Waals surface area contributed by atoms with Crippen molar-refractivity contribution < 1.29 is 23.1 Å². The number of benzene rings is 2. The zero-order chi connectivity index (χ0) is 21.1. The molecule has 6 nitrogen and oxygen atoms in total. The topological polar surface area (TPSA) is 53.1 Å². The van der Waals surface area contributed by atoms with Gasteiger partial charge in [0.25, 0.3) is 5.91 Å². The van der Waals surface area contributed by atoms with Crippen LogP contribution >= 0.6 is 0 Å². The van der Waals surface area contributed by atoms with Gasteiger partial charge in [-0.2, -0.15) is 8.78 Å². The second-order valence-electron chi connectivity index (χ2n) is 7.40. The molecule has 2 aliphatic rings. The van der Waals surface area contributed by atoms with E-state index in [1.807, 2.05) is 34.1 Å². The minimum absolute atomic E-state index is 0.0361. The fourth-order valence-corrected chi connectivity index (χ4v) is 3.97. The average Bonchev–Trinajstić information content (AvgIpc) is 3.18. The number of para-hydroxylation sites is 1. The third-order valence-corrected chi connectivity index (χ3v) is 5.51. The van der Waals surface area contributed by atoms with Crippen molar-refractivity contribution in [1.29, 1.82) is 0 Å². The number of ether oxygens (including phenoxy) is 1. The Morgan fingerprint density at radius 2 is 1.73 bits per heavy atom. The van der Waals surface area contributed by atoms with Gasteiger partial charge in [-0.05, 0) is 36.2 Å². The second-order valence-corrected chi connectivity index (χ2v) is 7.40. The molecular formula is C22H23F2N3O3. The largest absolute Gasteiger partial charge is 0.435 e. The van der Waals surface area contributed by atoms with Crippen LogP contribution in [0.2, 0.25) is 0 Å². The van der Waals surface area contributed by atoms with Crippen molar-refractivity contribution in [2.75, 3.05) is 44.2 Å². The van der Waals surface area contributed by atoms with Gasteiger partial charge in [0.05, 0.1) is 6.54 Å². The molecule has 8 heteroatoms. The zero-order valence-electron chi connectivity index (χ0n) is 16.5. The molecule has 0 bridgehead atoms. The molecule has 0 N–H and O–H groups in total. The highest BCUT2D eigenvalue weighted by Gasteiger charge is 2.28. The van der Waals surface area contributed by atoms with Gasteiger partial charge in [0.1, 0.15) is 5.75 Å². The fourth-order valence-electron chi connectivity index (χ4n) is 3.97. The van der Waals surface area contributed by atoms with Gasteiger partial charge in [-0.25, -0.2) is 0 Å². The van der Waals surface area contributed by atoms with Crippen LogP contribution in [0.5, 0.6) is 5.75 Å². The van der Waals surface area contributed by atoms with Gasteiger partial charge in [-0.1, -0.05) is 24.3 Å². The van der Waals surface area contributed by atoms with Crippen LogP contribution in [0.4, 0.5) is 14.5 Å². The monoisotopic (exact) mass is 415 g/mol. The molecule has 0 saturated carbocycles. The van der Waals surface area contributed by atoms with Gasteiger partial charge < -0.3 is 14.5 Å². The third-order valence-electron chi connectivity index (χ3n) is 5.51. The van der Waals surface area contributed by atoms with E-state index in [1.54, 1.807) is 11.0 Å². The van der Waals surface area contributed by atoms with Crippen LogP contribution in [-0.2, 0) is 11.2 Å². The molecule has 158 valence electrons. The molecule has 4 rings (SSSR count). The van der Waals surface area contributed by atoms with E-state index in [9.17, 15) is 18.4 Å². The number of hydrogen-bond acceptors (Lipinski definition) is 4. The number of halogens is 2. The molecular weight excluding hydrogens is 392 g/mol. The lowest BCUT2D eigenvalue weighted by Crippen LogP contribution is -2.51. The molecule has 0 radical (unpaired) electrons. The van der Waals surface area contributed by atoms with Crippen LogP contribution in [0.1, 0.15) is 15.9 Å². The standard InChI is InChI=1S/C22H23F2N3O3/c23-22(24)30-18-6-3-5-17(14-18)21(29)26-12-10-25(11-13-26)15-20(28)27-9-8-16-4-1-2-7-19(16)27/h1-7,14,22H,8-13,15H2. The maximum absolute atomic E-state index is 12.8. The van der Waals surface area contributed by atoms with E-state index in [4.69, 9.17) is 0 Å². The van der Waals surface area contributed by atoms with Crippen molar-refractivity contribution in [3.63, 3.8) is 0 Å². The van der Waals surface area contributed by atoms with E-state index in [0.29, 0.717) is 44.8 Å². The average molecular weight is 415 g/mol. The molecule has 0 spiro atoms. The lowest BCUT2D eigenvalue weighted by Gasteiger charge is -2.35. The van der Waals surface area contributed by atoms with E-state index in [-0.39, 0.29) is 17.6 Å². The first-order valence-electron chi connectivity index (χ1n) is 9.96. The van der Waals surface area contributed by atoms with Gasteiger partial charge in [-0.15, -0.1) is 0 Å².